The molecular weight excluding hydrogens is 228 g/mol. The molecule has 0 amide bonds. The first-order chi connectivity index (χ1) is 8.62. The lowest BCUT2D eigenvalue weighted by Crippen LogP contribution is -2.16. The van der Waals surface area contributed by atoms with Crippen molar-refractivity contribution in [1.82, 2.24) is 19.7 Å². The molecule has 2 aromatic rings. The Morgan fingerprint density at radius 1 is 1.28 bits per heavy atom. The molecular formula is C13H20N4O. The standard InChI is InChI=1S/C13H20N4O/c1-5-9(6-2)17-12-11(8(4)16-17)15-13(18)10(7-3)14-12/h9H,5-7H2,1-4H3,(H,15,18). The Bertz CT molecular complexity index is 607. The van der Waals surface area contributed by atoms with Gasteiger partial charge in [0.05, 0.1) is 11.7 Å². The van der Waals surface area contributed by atoms with E-state index in [1.807, 2.05) is 18.5 Å². The van der Waals surface area contributed by atoms with Gasteiger partial charge in [0, 0.05) is 0 Å². The van der Waals surface area contributed by atoms with Crippen LogP contribution >= 0.6 is 0 Å². The summed E-state index contributed by atoms with van der Waals surface area (Å²) in [5, 5.41) is 4.53. The van der Waals surface area contributed by atoms with Gasteiger partial charge < -0.3 is 4.98 Å². The number of nitrogens with one attached hydrogen (secondary N) is 1. The third kappa shape index (κ3) is 1.94. The van der Waals surface area contributed by atoms with E-state index in [1.54, 1.807) is 0 Å². The minimum atomic E-state index is -0.0998. The van der Waals surface area contributed by atoms with Crippen LogP contribution in [0, 0.1) is 6.92 Å². The normalized spacial score (nSPS) is 11.6. The summed E-state index contributed by atoms with van der Waals surface area (Å²) in [6.07, 6.45) is 2.66. The first-order valence-corrected chi connectivity index (χ1v) is 6.60. The van der Waals surface area contributed by atoms with Crippen molar-refractivity contribution in [2.45, 2.75) is 53.0 Å². The number of nitrogens with zero attached hydrogens (tertiary/aromatic N) is 3. The molecule has 0 fully saturated rings. The first kappa shape index (κ1) is 12.8. The molecule has 2 rings (SSSR count). The summed E-state index contributed by atoms with van der Waals surface area (Å²) in [5.41, 5.74) is 2.89. The molecule has 98 valence electrons. The van der Waals surface area contributed by atoms with Gasteiger partial charge in [-0.05, 0) is 26.2 Å². The number of hydrogen-bond donors (Lipinski definition) is 1. The topological polar surface area (TPSA) is 63.6 Å². The van der Waals surface area contributed by atoms with Crippen molar-refractivity contribution in [2.24, 2.45) is 0 Å². The highest BCUT2D eigenvalue weighted by Gasteiger charge is 2.16. The Balaban J connectivity index is 2.72. The smallest absolute Gasteiger partial charge is 0.270 e. The average molecular weight is 248 g/mol. The zero-order valence-corrected chi connectivity index (χ0v) is 11.4. The molecule has 1 N–H and O–H groups in total. The van der Waals surface area contributed by atoms with Gasteiger partial charge >= 0.3 is 0 Å². The number of aromatic amines is 1. The van der Waals surface area contributed by atoms with Crippen LogP contribution in [0.5, 0.6) is 0 Å². The number of aromatic nitrogens is 4. The Labute approximate surface area is 106 Å². The fraction of sp³-hybridized carbons (Fsp3) is 0.615. The van der Waals surface area contributed by atoms with E-state index < -0.39 is 0 Å². The van der Waals surface area contributed by atoms with Gasteiger partial charge in [0.1, 0.15) is 11.2 Å². The second-order valence-electron chi connectivity index (χ2n) is 4.57. The molecule has 18 heavy (non-hydrogen) atoms. The van der Waals surface area contributed by atoms with Gasteiger partial charge in [-0.3, -0.25) is 4.79 Å². The number of fused-ring (bicyclic) bond motifs is 1. The van der Waals surface area contributed by atoms with Crippen LogP contribution in [-0.4, -0.2) is 19.7 Å². The number of aryl methyl sites for hydroxylation is 2. The van der Waals surface area contributed by atoms with E-state index in [2.05, 4.69) is 28.9 Å². The Hall–Kier alpha value is -1.65. The van der Waals surface area contributed by atoms with Crippen LogP contribution in [0.15, 0.2) is 4.79 Å². The van der Waals surface area contributed by atoms with E-state index in [1.165, 1.54) is 0 Å². The zero-order chi connectivity index (χ0) is 13.3. The average Bonchev–Trinajstić information content (AvgIpc) is 2.67. The van der Waals surface area contributed by atoms with E-state index in [0.29, 0.717) is 18.2 Å². The summed E-state index contributed by atoms with van der Waals surface area (Å²) < 4.78 is 1.96. The van der Waals surface area contributed by atoms with Gasteiger partial charge in [-0.2, -0.15) is 5.10 Å². The third-order valence-corrected chi connectivity index (χ3v) is 3.42. The van der Waals surface area contributed by atoms with Gasteiger partial charge in [-0.25, -0.2) is 9.67 Å². The summed E-state index contributed by atoms with van der Waals surface area (Å²) >= 11 is 0. The Morgan fingerprint density at radius 3 is 2.50 bits per heavy atom. The summed E-state index contributed by atoms with van der Waals surface area (Å²) in [4.78, 5) is 19.2. The van der Waals surface area contributed by atoms with Gasteiger partial charge in [-0.15, -0.1) is 0 Å². The number of hydrogen-bond acceptors (Lipinski definition) is 3. The van der Waals surface area contributed by atoms with Crippen LogP contribution in [0.1, 0.15) is 51.0 Å². The maximum absolute atomic E-state index is 11.8. The fourth-order valence-corrected chi connectivity index (χ4v) is 2.28. The highest BCUT2D eigenvalue weighted by atomic mass is 16.1. The van der Waals surface area contributed by atoms with Crippen molar-refractivity contribution in [2.75, 3.05) is 0 Å². The van der Waals surface area contributed by atoms with Gasteiger partial charge in [0.15, 0.2) is 5.65 Å². The van der Waals surface area contributed by atoms with Crippen molar-refractivity contribution in [3.05, 3.63) is 21.7 Å². The van der Waals surface area contributed by atoms with E-state index in [0.717, 1.165) is 29.7 Å². The Morgan fingerprint density at radius 2 is 1.94 bits per heavy atom. The van der Waals surface area contributed by atoms with Crippen LogP contribution in [0.2, 0.25) is 0 Å². The monoisotopic (exact) mass is 248 g/mol. The predicted octanol–water partition coefficient (Wildman–Crippen LogP) is 2.35. The fourth-order valence-electron chi connectivity index (χ4n) is 2.28. The molecule has 0 spiro atoms. The molecule has 0 bridgehead atoms. The molecule has 0 aromatic carbocycles. The number of H-pyrrole nitrogens is 1. The van der Waals surface area contributed by atoms with Crippen LogP contribution in [-0.2, 0) is 6.42 Å². The van der Waals surface area contributed by atoms with Crippen LogP contribution in [0.25, 0.3) is 11.2 Å². The molecule has 0 aliphatic heterocycles. The quantitative estimate of drug-likeness (QED) is 0.903. The minimum absolute atomic E-state index is 0.0998. The van der Waals surface area contributed by atoms with Crippen molar-refractivity contribution in [3.63, 3.8) is 0 Å². The van der Waals surface area contributed by atoms with Gasteiger partial charge in [-0.1, -0.05) is 20.8 Å². The largest absolute Gasteiger partial charge is 0.316 e. The van der Waals surface area contributed by atoms with Crippen molar-refractivity contribution in [3.8, 4) is 0 Å². The van der Waals surface area contributed by atoms with Gasteiger partial charge in [0.25, 0.3) is 5.56 Å². The van der Waals surface area contributed by atoms with E-state index in [9.17, 15) is 4.79 Å². The zero-order valence-electron chi connectivity index (χ0n) is 11.4. The third-order valence-electron chi connectivity index (χ3n) is 3.42. The van der Waals surface area contributed by atoms with E-state index >= 15 is 0 Å². The summed E-state index contributed by atoms with van der Waals surface area (Å²) in [5.74, 6) is 0. The summed E-state index contributed by atoms with van der Waals surface area (Å²) in [7, 11) is 0. The molecule has 0 saturated carbocycles. The number of rotatable bonds is 4. The molecule has 0 aliphatic rings. The second-order valence-corrected chi connectivity index (χ2v) is 4.57. The second kappa shape index (κ2) is 4.92. The lowest BCUT2D eigenvalue weighted by Gasteiger charge is -2.13. The van der Waals surface area contributed by atoms with Crippen LogP contribution in [0.3, 0.4) is 0 Å². The molecule has 2 heterocycles. The van der Waals surface area contributed by atoms with E-state index in [-0.39, 0.29) is 5.56 Å². The molecule has 5 nitrogen and oxygen atoms in total. The maximum Gasteiger partial charge on any atom is 0.270 e. The predicted molar refractivity (Wildman–Crippen MR) is 71.9 cm³/mol. The highest BCUT2D eigenvalue weighted by Crippen LogP contribution is 2.21. The van der Waals surface area contributed by atoms with Gasteiger partial charge in [0.2, 0.25) is 0 Å². The van der Waals surface area contributed by atoms with E-state index in [4.69, 9.17) is 0 Å². The molecule has 5 heteroatoms. The molecule has 0 radical (unpaired) electrons. The van der Waals surface area contributed by atoms with Crippen molar-refractivity contribution < 1.29 is 0 Å². The molecule has 0 saturated heterocycles. The highest BCUT2D eigenvalue weighted by molar-refractivity contribution is 5.73. The first-order valence-electron chi connectivity index (χ1n) is 6.60. The Kier molecular flexibility index (Phi) is 3.50. The van der Waals surface area contributed by atoms with Crippen LogP contribution < -0.4 is 5.56 Å². The lowest BCUT2D eigenvalue weighted by molar-refractivity contribution is 0.436. The summed E-state index contributed by atoms with van der Waals surface area (Å²) in [6.45, 7) is 8.13. The molecule has 2 aromatic heterocycles. The molecule has 0 aliphatic carbocycles. The molecule has 0 unspecified atom stereocenters. The summed E-state index contributed by atoms with van der Waals surface area (Å²) in [6, 6.07) is 0.337. The lowest BCUT2D eigenvalue weighted by atomic mass is 10.2. The van der Waals surface area contributed by atoms with Crippen LogP contribution in [0.4, 0.5) is 0 Å². The minimum Gasteiger partial charge on any atom is -0.316 e. The van der Waals surface area contributed by atoms with Crippen molar-refractivity contribution >= 4 is 11.2 Å². The SMILES string of the molecule is CCc1nc2c([nH]c1=O)c(C)nn2C(CC)CC. The molecule has 0 atom stereocenters. The van der Waals surface area contributed by atoms with Crippen molar-refractivity contribution in [1.29, 1.82) is 0 Å². The maximum atomic E-state index is 11.8.